The number of fused-ring (bicyclic) bond motifs is 5. The second-order valence-corrected chi connectivity index (χ2v) is 16.9. The Balaban J connectivity index is 1.33. The van der Waals surface area contributed by atoms with Crippen LogP contribution in [-0.2, 0) is 40.8 Å². The minimum Gasteiger partial charge on any atom is -0.475 e. The Morgan fingerprint density at radius 2 is 1.78 bits per heavy atom. The molecule has 2 aliphatic rings. The number of hydrogen-bond acceptors (Lipinski definition) is 9. The number of alkyl halides is 4. The third-order valence-electron chi connectivity index (χ3n) is 10.00. The fourth-order valence-electron chi connectivity index (χ4n) is 7.75. The highest BCUT2D eigenvalue weighted by molar-refractivity contribution is 7.92. The summed E-state index contributed by atoms with van der Waals surface area (Å²) in [4.78, 5) is 37.9. The molecule has 0 bridgehead atoms. The highest BCUT2D eigenvalue weighted by Crippen LogP contribution is 2.68. The van der Waals surface area contributed by atoms with Crippen molar-refractivity contribution < 1.29 is 44.3 Å². The van der Waals surface area contributed by atoms with E-state index < -0.39 is 87.7 Å². The third kappa shape index (κ3) is 7.23. The second-order valence-electron chi connectivity index (χ2n) is 14.7. The molecule has 8 rings (SSSR count). The molecule has 59 heavy (non-hydrogen) atoms. The second kappa shape index (κ2) is 14.2. The summed E-state index contributed by atoms with van der Waals surface area (Å²) in [6, 6.07) is 6.56. The minimum absolute atomic E-state index is 0.00651. The van der Waals surface area contributed by atoms with Crippen molar-refractivity contribution >= 4 is 55.3 Å². The van der Waals surface area contributed by atoms with Gasteiger partial charge < -0.3 is 10.1 Å². The molecule has 0 saturated heterocycles. The summed E-state index contributed by atoms with van der Waals surface area (Å²) in [5, 5.41) is 10.6. The van der Waals surface area contributed by atoms with E-state index >= 15 is 8.78 Å². The quantitative estimate of drug-likeness (QED) is 0.136. The van der Waals surface area contributed by atoms with Crippen LogP contribution in [0.5, 0.6) is 5.88 Å². The van der Waals surface area contributed by atoms with Gasteiger partial charge in [-0.1, -0.05) is 11.6 Å². The van der Waals surface area contributed by atoms with Crippen molar-refractivity contribution in [3.8, 4) is 11.6 Å². The van der Waals surface area contributed by atoms with E-state index in [0.29, 0.717) is 10.7 Å². The Labute approximate surface area is 335 Å². The maximum Gasteiger partial charge on any atom is 0.293 e. The number of sulfonamides is 1. The van der Waals surface area contributed by atoms with E-state index in [4.69, 9.17) is 16.3 Å². The smallest absolute Gasteiger partial charge is 0.293 e. The lowest BCUT2D eigenvalue weighted by atomic mass is 10.0. The predicted molar refractivity (Wildman–Crippen MR) is 202 cm³/mol. The van der Waals surface area contributed by atoms with Gasteiger partial charge in [-0.2, -0.15) is 24.0 Å². The topological polar surface area (TPSA) is 168 Å². The maximum absolute atomic E-state index is 15.4. The third-order valence-corrected chi connectivity index (χ3v) is 10.9. The summed E-state index contributed by atoms with van der Waals surface area (Å²) in [5.41, 5.74) is -2.90. The van der Waals surface area contributed by atoms with Crippen molar-refractivity contribution in [3.05, 3.63) is 97.8 Å². The molecule has 1 amide bonds. The molecule has 4 aromatic heterocycles. The number of anilines is 1. The number of carbonyl (C=O) groups excluding carboxylic acids is 1. The van der Waals surface area contributed by atoms with Gasteiger partial charge in [0.2, 0.25) is 21.8 Å². The molecule has 3 unspecified atom stereocenters. The Morgan fingerprint density at radius 1 is 1.07 bits per heavy atom. The fraction of sp³-hybridized carbons (Fsp3) is 0.351. The molecular formula is C37H32ClF6N9O5S. The number of amides is 1. The monoisotopic (exact) mass is 863 g/mol. The summed E-state index contributed by atoms with van der Waals surface area (Å²) in [5.74, 6) is -9.07. The van der Waals surface area contributed by atoms with Crippen LogP contribution in [0.25, 0.3) is 27.6 Å². The molecule has 1 saturated carbocycles. The van der Waals surface area contributed by atoms with E-state index in [9.17, 15) is 35.6 Å². The van der Waals surface area contributed by atoms with Gasteiger partial charge in [0, 0.05) is 37.1 Å². The van der Waals surface area contributed by atoms with Crippen LogP contribution in [-0.4, -0.2) is 60.8 Å². The molecular weight excluding hydrogens is 832 g/mol. The molecule has 2 N–H and O–H groups in total. The summed E-state index contributed by atoms with van der Waals surface area (Å²) in [7, 11) is -2.47. The molecule has 2 aliphatic carbocycles. The van der Waals surface area contributed by atoms with Crippen LogP contribution in [0.4, 0.5) is 32.2 Å². The van der Waals surface area contributed by atoms with Crippen LogP contribution in [0.15, 0.2) is 47.3 Å². The fourth-order valence-corrected chi connectivity index (χ4v) is 8.49. The van der Waals surface area contributed by atoms with Gasteiger partial charge in [0.15, 0.2) is 11.5 Å². The van der Waals surface area contributed by atoms with Gasteiger partial charge in [-0.15, -0.1) is 0 Å². The number of halogens is 7. The van der Waals surface area contributed by atoms with Gasteiger partial charge >= 0.3 is 0 Å². The minimum atomic E-state index is -3.91. The first kappa shape index (κ1) is 40.1. The van der Waals surface area contributed by atoms with Crippen LogP contribution in [0.2, 0.25) is 5.02 Å². The van der Waals surface area contributed by atoms with Crippen LogP contribution < -0.4 is 20.3 Å². The lowest BCUT2D eigenvalue weighted by Gasteiger charge is -2.24. The van der Waals surface area contributed by atoms with E-state index in [1.54, 1.807) is 13.8 Å². The Bertz CT molecular complexity index is 2880. The van der Waals surface area contributed by atoms with Gasteiger partial charge in [-0.25, -0.2) is 31.0 Å². The number of benzene rings is 2. The summed E-state index contributed by atoms with van der Waals surface area (Å²) < 4.78 is 124. The first-order valence-corrected chi connectivity index (χ1v) is 20.2. The van der Waals surface area contributed by atoms with Gasteiger partial charge in [-0.05, 0) is 62.1 Å². The number of rotatable bonds is 12. The number of aromatic nitrogens is 7. The van der Waals surface area contributed by atoms with Gasteiger partial charge in [-0.3, -0.25) is 28.2 Å². The van der Waals surface area contributed by atoms with Crippen molar-refractivity contribution in [2.24, 2.45) is 13.0 Å². The van der Waals surface area contributed by atoms with E-state index in [1.165, 1.54) is 36.0 Å². The van der Waals surface area contributed by atoms with Crippen molar-refractivity contribution in [1.29, 1.82) is 0 Å². The predicted octanol–water partition coefficient (Wildman–Crippen LogP) is 6.20. The average Bonchev–Trinajstić information content (AvgIpc) is 3.66. The molecule has 3 atom stereocenters. The van der Waals surface area contributed by atoms with Crippen molar-refractivity contribution in [2.75, 3.05) is 11.0 Å². The molecule has 6 aromatic rings. The normalized spacial score (nSPS) is 17.4. The zero-order chi connectivity index (χ0) is 42.5. The molecule has 0 radical (unpaired) electrons. The first-order chi connectivity index (χ1) is 27.7. The van der Waals surface area contributed by atoms with Crippen LogP contribution in [0, 0.1) is 17.6 Å². The Hall–Kier alpha value is -5.70. The van der Waals surface area contributed by atoms with Gasteiger partial charge in [0.05, 0.1) is 45.4 Å². The van der Waals surface area contributed by atoms with Crippen molar-refractivity contribution in [3.63, 3.8) is 0 Å². The molecule has 1 fully saturated rings. The molecule has 0 spiro atoms. The van der Waals surface area contributed by atoms with Crippen LogP contribution >= 0.6 is 11.6 Å². The highest BCUT2D eigenvalue weighted by atomic mass is 35.5. The number of aryl methyl sites for hydroxylation is 1. The van der Waals surface area contributed by atoms with Crippen molar-refractivity contribution in [2.45, 2.75) is 63.6 Å². The SMILES string of the molecule is CC(C)Oc1ccc2c(=O)n(-c3ccc(Cl)c4c(NS(C)(=O)=O)nn(C)c34)c(C(Cc3cc(F)cc(F)c3)NC(=O)Cn3nc(C(F)F)c4c3C(F)(F)C3CC43)nc2n1. The number of nitrogens with zero attached hydrogens (tertiary/aromatic N) is 7. The molecule has 14 nitrogen and oxygen atoms in total. The van der Waals surface area contributed by atoms with Crippen molar-refractivity contribution in [1.82, 2.24) is 39.4 Å². The van der Waals surface area contributed by atoms with E-state index in [0.717, 1.165) is 23.0 Å². The molecule has 2 aromatic carbocycles. The Kier molecular flexibility index (Phi) is 9.68. The standard InChI is InChI=1S/C37H32ClF6N9O5S/c1-15(2)58-26-8-5-19-33(46-26)47-35(53(36(19)55)24-7-6-22(38)28-30(24)51(3)49-34(28)50-59(4,56)57)23(11-16-9-17(39)12-18(40)10-16)45-25(54)14-52-31-27(29(48-52)32(41)42)20-13-21(20)37(31,43)44/h5-10,12,15,20-21,23,32H,11,13-14H2,1-4H3,(H,45,54)(H,49,50). The molecule has 310 valence electrons. The number of pyridine rings is 1. The van der Waals surface area contributed by atoms with E-state index in [2.05, 4.69) is 30.2 Å². The number of nitrogens with one attached hydrogen (secondary N) is 2. The summed E-state index contributed by atoms with van der Waals surface area (Å²) >= 11 is 6.58. The van der Waals surface area contributed by atoms with Gasteiger partial charge in [0.1, 0.15) is 35.4 Å². The maximum atomic E-state index is 15.4. The van der Waals surface area contributed by atoms with E-state index in [1.807, 2.05) is 0 Å². The van der Waals surface area contributed by atoms with Crippen LogP contribution in [0.1, 0.15) is 67.0 Å². The van der Waals surface area contributed by atoms with Gasteiger partial charge in [0.25, 0.3) is 17.9 Å². The summed E-state index contributed by atoms with van der Waals surface area (Å²) in [6.45, 7) is 2.47. The summed E-state index contributed by atoms with van der Waals surface area (Å²) in [6.07, 6.45) is -3.16. The lowest BCUT2D eigenvalue weighted by Crippen LogP contribution is -2.38. The zero-order valence-corrected chi connectivity index (χ0v) is 32.8. The largest absolute Gasteiger partial charge is 0.475 e. The molecule has 0 aliphatic heterocycles. The zero-order valence-electron chi connectivity index (χ0n) is 31.3. The van der Waals surface area contributed by atoms with E-state index in [-0.39, 0.29) is 73.8 Å². The lowest BCUT2D eigenvalue weighted by molar-refractivity contribution is -0.123. The molecule has 4 heterocycles. The Morgan fingerprint density at radius 3 is 2.44 bits per heavy atom. The first-order valence-electron chi connectivity index (χ1n) is 18.0. The average molecular weight is 864 g/mol. The number of hydrogen-bond donors (Lipinski definition) is 2. The number of carbonyl (C=O) groups is 1. The molecule has 22 heteroatoms. The number of ether oxygens (including phenoxy) is 1. The van der Waals surface area contributed by atoms with Crippen LogP contribution in [0.3, 0.4) is 0 Å². The highest BCUT2D eigenvalue weighted by Gasteiger charge is 2.67.